The van der Waals surface area contributed by atoms with Crippen LogP contribution in [0.1, 0.15) is 0 Å². The summed E-state index contributed by atoms with van der Waals surface area (Å²) in [4.78, 5) is 31.9. The van der Waals surface area contributed by atoms with E-state index in [9.17, 15) is 9.36 Å². The Morgan fingerprint density at radius 1 is 1.47 bits per heavy atom. The Bertz CT molecular complexity index is 468. The molecule has 0 aromatic carbocycles. The molecular weight excluding hydrogens is 249 g/mol. The Labute approximate surface area is 97.2 Å². The maximum Gasteiger partial charge on any atom is 0.349 e. The lowest BCUT2D eigenvalue weighted by Crippen LogP contribution is -2.25. The first-order valence-electron chi connectivity index (χ1n) is 4.84. The molecule has 0 aliphatic rings. The van der Waals surface area contributed by atoms with Crippen molar-refractivity contribution in [1.29, 1.82) is 0 Å². The Hall–Kier alpha value is -1.21. The van der Waals surface area contributed by atoms with Crippen LogP contribution in [0.5, 0.6) is 0 Å². The van der Waals surface area contributed by atoms with E-state index < -0.39 is 13.3 Å². The van der Waals surface area contributed by atoms with Gasteiger partial charge in [0.25, 0.3) is 0 Å². The lowest BCUT2D eigenvalue weighted by molar-refractivity contribution is 0.136. The smallest absolute Gasteiger partial charge is 0.349 e. The zero-order chi connectivity index (χ0) is 12.9. The summed E-state index contributed by atoms with van der Waals surface area (Å²) < 4.78 is 16.8. The van der Waals surface area contributed by atoms with Crippen molar-refractivity contribution in [3.8, 4) is 0 Å². The molecule has 0 radical (unpaired) electrons. The fourth-order valence-electron chi connectivity index (χ4n) is 1.06. The standard InChI is InChI=1S/C8H14N3O5P/c9-7-1-2-11(8(12)10-7)3-4-16-5-6-17(13,14)15/h1-2H,3-6H2,(H2,9,10,12)(H2,13,14,15). The van der Waals surface area contributed by atoms with Crippen LogP contribution in [-0.4, -0.2) is 38.7 Å². The molecule has 9 heteroatoms. The highest BCUT2D eigenvalue weighted by atomic mass is 31.2. The van der Waals surface area contributed by atoms with E-state index in [4.69, 9.17) is 20.3 Å². The molecule has 1 aromatic rings. The average molecular weight is 263 g/mol. The zero-order valence-electron chi connectivity index (χ0n) is 9.02. The Morgan fingerprint density at radius 2 is 2.18 bits per heavy atom. The van der Waals surface area contributed by atoms with E-state index >= 15 is 0 Å². The molecule has 0 aliphatic heterocycles. The number of aromatic nitrogens is 2. The van der Waals surface area contributed by atoms with Gasteiger partial charge < -0.3 is 20.3 Å². The summed E-state index contributed by atoms with van der Waals surface area (Å²) in [6, 6.07) is 1.48. The lowest BCUT2D eigenvalue weighted by atomic mass is 10.5. The van der Waals surface area contributed by atoms with Gasteiger partial charge in [0, 0.05) is 6.20 Å². The van der Waals surface area contributed by atoms with Crippen LogP contribution in [0.4, 0.5) is 5.82 Å². The molecule has 1 heterocycles. The van der Waals surface area contributed by atoms with Crippen LogP contribution in [0.25, 0.3) is 0 Å². The maximum atomic E-state index is 11.3. The monoisotopic (exact) mass is 263 g/mol. The number of hydrogen-bond donors (Lipinski definition) is 3. The third-order valence-electron chi connectivity index (χ3n) is 1.90. The van der Waals surface area contributed by atoms with Gasteiger partial charge in [-0.05, 0) is 6.07 Å². The third-order valence-corrected chi connectivity index (χ3v) is 2.66. The summed E-state index contributed by atoms with van der Waals surface area (Å²) in [5, 5.41) is 0. The molecule has 0 saturated heterocycles. The SMILES string of the molecule is Nc1ccn(CCOCCP(=O)(O)O)c(=O)n1. The Morgan fingerprint density at radius 3 is 2.76 bits per heavy atom. The van der Waals surface area contributed by atoms with Gasteiger partial charge >= 0.3 is 13.3 Å². The third kappa shape index (κ3) is 5.60. The first kappa shape index (κ1) is 13.9. The van der Waals surface area contributed by atoms with Gasteiger partial charge in [-0.1, -0.05) is 0 Å². The molecular formula is C8H14N3O5P. The zero-order valence-corrected chi connectivity index (χ0v) is 9.92. The Kier molecular flexibility index (Phi) is 4.83. The molecule has 0 atom stereocenters. The van der Waals surface area contributed by atoms with Crippen LogP contribution < -0.4 is 11.4 Å². The highest BCUT2D eigenvalue weighted by Crippen LogP contribution is 2.33. The van der Waals surface area contributed by atoms with E-state index in [-0.39, 0.29) is 31.7 Å². The van der Waals surface area contributed by atoms with E-state index in [1.807, 2.05) is 0 Å². The van der Waals surface area contributed by atoms with E-state index in [2.05, 4.69) is 4.98 Å². The van der Waals surface area contributed by atoms with Crippen molar-refractivity contribution in [2.75, 3.05) is 25.1 Å². The minimum atomic E-state index is -4.02. The van der Waals surface area contributed by atoms with Gasteiger partial charge in [-0.2, -0.15) is 4.98 Å². The van der Waals surface area contributed by atoms with Crippen LogP contribution in [0.2, 0.25) is 0 Å². The quantitative estimate of drug-likeness (QED) is 0.444. The van der Waals surface area contributed by atoms with Gasteiger partial charge in [0.15, 0.2) is 0 Å². The minimum Gasteiger partial charge on any atom is -0.383 e. The second kappa shape index (κ2) is 5.92. The molecule has 8 nitrogen and oxygen atoms in total. The molecule has 1 aromatic heterocycles. The molecule has 1 rings (SSSR count). The van der Waals surface area contributed by atoms with Crippen molar-refractivity contribution in [3.05, 3.63) is 22.7 Å². The number of anilines is 1. The van der Waals surface area contributed by atoms with Crippen molar-refractivity contribution in [2.24, 2.45) is 0 Å². The molecule has 0 fully saturated rings. The molecule has 96 valence electrons. The predicted octanol–water partition coefficient (Wildman–Crippen LogP) is -0.980. The summed E-state index contributed by atoms with van der Waals surface area (Å²) in [6.07, 6.45) is 1.15. The largest absolute Gasteiger partial charge is 0.383 e. The van der Waals surface area contributed by atoms with E-state index in [0.29, 0.717) is 0 Å². The van der Waals surface area contributed by atoms with Gasteiger partial charge in [-0.15, -0.1) is 0 Å². The first-order valence-corrected chi connectivity index (χ1v) is 6.63. The van der Waals surface area contributed by atoms with Crippen molar-refractivity contribution < 1.29 is 19.1 Å². The topological polar surface area (TPSA) is 128 Å². The van der Waals surface area contributed by atoms with Crippen LogP contribution in [0.15, 0.2) is 17.1 Å². The first-order chi connectivity index (χ1) is 7.88. The molecule has 0 amide bonds. The Balaban J connectivity index is 2.32. The van der Waals surface area contributed by atoms with Crippen molar-refractivity contribution in [1.82, 2.24) is 9.55 Å². The van der Waals surface area contributed by atoms with Crippen LogP contribution in [0.3, 0.4) is 0 Å². The normalized spacial score (nSPS) is 11.6. The molecule has 0 bridgehead atoms. The molecule has 17 heavy (non-hydrogen) atoms. The molecule has 0 saturated carbocycles. The van der Waals surface area contributed by atoms with Crippen molar-refractivity contribution in [2.45, 2.75) is 6.54 Å². The molecule has 0 unspecified atom stereocenters. The fourth-order valence-corrected chi connectivity index (χ4v) is 1.43. The lowest BCUT2D eigenvalue weighted by Gasteiger charge is -2.07. The number of nitrogen functional groups attached to an aromatic ring is 1. The molecule has 0 aliphatic carbocycles. The van der Waals surface area contributed by atoms with E-state index in [1.54, 1.807) is 0 Å². The van der Waals surface area contributed by atoms with E-state index in [0.717, 1.165) is 0 Å². The average Bonchev–Trinajstić information content (AvgIpc) is 2.18. The summed E-state index contributed by atoms with van der Waals surface area (Å²) in [5.74, 6) is 0.147. The maximum absolute atomic E-state index is 11.3. The second-order valence-electron chi connectivity index (χ2n) is 3.33. The van der Waals surface area contributed by atoms with Gasteiger partial charge in [0.1, 0.15) is 5.82 Å². The van der Waals surface area contributed by atoms with Crippen LogP contribution >= 0.6 is 7.60 Å². The van der Waals surface area contributed by atoms with Crippen LogP contribution in [0, 0.1) is 0 Å². The number of rotatable bonds is 6. The number of ether oxygens (including phenoxy) is 1. The summed E-state index contributed by atoms with van der Waals surface area (Å²) in [7, 11) is -4.02. The summed E-state index contributed by atoms with van der Waals surface area (Å²) in [5.41, 5.74) is 4.83. The molecule has 0 spiro atoms. The van der Waals surface area contributed by atoms with Crippen molar-refractivity contribution in [3.63, 3.8) is 0 Å². The van der Waals surface area contributed by atoms with Gasteiger partial charge in [-0.25, -0.2) is 4.79 Å². The number of nitrogens with two attached hydrogens (primary N) is 1. The molecule has 4 N–H and O–H groups in total. The summed E-state index contributed by atoms with van der Waals surface area (Å²) in [6.45, 7) is 0.375. The van der Waals surface area contributed by atoms with Crippen LogP contribution in [-0.2, 0) is 15.8 Å². The predicted molar refractivity (Wildman–Crippen MR) is 60.6 cm³/mol. The second-order valence-corrected chi connectivity index (χ2v) is 5.11. The fraction of sp³-hybridized carbons (Fsp3) is 0.500. The van der Waals surface area contributed by atoms with Gasteiger partial charge in [-0.3, -0.25) is 9.13 Å². The van der Waals surface area contributed by atoms with Gasteiger partial charge in [0.05, 0.1) is 25.9 Å². The summed E-state index contributed by atoms with van der Waals surface area (Å²) >= 11 is 0. The minimum absolute atomic E-state index is 0.0541. The number of nitrogens with zero attached hydrogens (tertiary/aromatic N) is 2. The highest BCUT2D eigenvalue weighted by Gasteiger charge is 2.11. The van der Waals surface area contributed by atoms with Crippen molar-refractivity contribution >= 4 is 13.4 Å². The number of hydrogen-bond acceptors (Lipinski definition) is 5. The van der Waals surface area contributed by atoms with Gasteiger partial charge in [0.2, 0.25) is 0 Å². The van der Waals surface area contributed by atoms with E-state index in [1.165, 1.54) is 16.8 Å². The highest BCUT2D eigenvalue weighted by molar-refractivity contribution is 7.51.